The molecule has 0 aliphatic rings. The van der Waals surface area contributed by atoms with Crippen LogP contribution in [-0.4, -0.2) is 38.5 Å². The zero-order valence-corrected chi connectivity index (χ0v) is 8.32. The average Bonchev–Trinajstić information content (AvgIpc) is 1.84. The lowest BCUT2D eigenvalue weighted by molar-refractivity contribution is -0.00629. The van der Waals surface area contributed by atoms with E-state index in [9.17, 15) is 10.2 Å². The van der Waals surface area contributed by atoms with E-state index in [1.165, 1.54) is 0 Å². The summed E-state index contributed by atoms with van der Waals surface area (Å²) in [6, 6.07) is 0. The van der Waals surface area contributed by atoms with E-state index in [0.717, 1.165) is 0 Å². The van der Waals surface area contributed by atoms with Crippen molar-refractivity contribution in [2.45, 2.75) is 43.4 Å². The lowest BCUT2D eigenvalue weighted by Crippen LogP contribution is -2.34. The van der Waals surface area contributed by atoms with Gasteiger partial charge in [0.1, 0.15) is 0 Å². The Bertz CT molecular complexity index is 106. The second-order valence-electron chi connectivity index (χ2n) is 2.82. The molecule has 0 aliphatic heterocycles. The highest BCUT2D eigenvalue weighted by Crippen LogP contribution is 2.12. The Morgan fingerprint density at radius 1 is 1.18 bits per heavy atom. The minimum Gasteiger partial charge on any atom is -0.393 e. The van der Waals surface area contributed by atoms with Crippen LogP contribution in [0.5, 0.6) is 0 Å². The first-order valence-corrected chi connectivity index (χ1v) is 4.55. The third kappa shape index (κ3) is 4.74. The van der Waals surface area contributed by atoms with Crippen molar-refractivity contribution >= 4 is 15.9 Å². The minimum atomic E-state index is -0.857. The van der Waals surface area contributed by atoms with Crippen LogP contribution in [0.3, 0.4) is 0 Å². The number of hydrogen-bond donors (Lipinski definition) is 3. The SMILES string of the molecule is CC(O)CC(O)C(O)C(C)Br. The fraction of sp³-hybridized carbons (Fsp3) is 1.00. The summed E-state index contributed by atoms with van der Waals surface area (Å²) in [5.41, 5.74) is 0. The number of aliphatic hydroxyl groups excluding tert-OH is 3. The molecule has 0 fully saturated rings. The summed E-state index contributed by atoms with van der Waals surface area (Å²) in [5.74, 6) is 0. The monoisotopic (exact) mass is 226 g/mol. The molecule has 4 unspecified atom stereocenters. The van der Waals surface area contributed by atoms with Crippen LogP contribution in [-0.2, 0) is 0 Å². The Morgan fingerprint density at radius 2 is 1.64 bits per heavy atom. The maximum absolute atomic E-state index is 9.24. The van der Waals surface area contributed by atoms with Gasteiger partial charge in [-0.3, -0.25) is 0 Å². The topological polar surface area (TPSA) is 60.7 Å². The molecule has 0 aromatic rings. The summed E-state index contributed by atoms with van der Waals surface area (Å²) in [7, 11) is 0. The standard InChI is InChI=1S/C7H15BrO3/c1-4(9)3-6(10)7(11)5(2)8/h4-7,9-11H,3H2,1-2H3. The van der Waals surface area contributed by atoms with Gasteiger partial charge in [0.2, 0.25) is 0 Å². The Labute approximate surface area is 75.2 Å². The van der Waals surface area contributed by atoms with E-state index in [1.54, 1.807) is 13.8 Å². The molecule has 68 valence electrons. The van der Waals surface area contributed by atoms with Crippen molar-refractivity contribution in [3.8, 4) is 0 Å². The highest BCUT2D eigenvalue weighted by Gasteiger charge is 2.21. The summed E-state index contributed by atoms with van der Waals surface area (Å²) < 4.78 is 0. The molecular weight excluding hydrogens is 212 g/mol. The lowest BCUT2D eigenvalue weighted by atomic mass is 10.1. The first kappa shape index (κ1) is 11.4. The molecule has 4 heteroatoms. The molecule has 0 heterocycles. The van der Waals surface area contributed by atoms with Gasteiger partial charge in [-0.25, -0.2) is 0 Å². The Hall–Kier alpha value is 0.360. The molecule has 4 atom stereocenters. The predicted octanol–water partition coefficient (Wildman–Crippen LogP) is 0.263. The number of aliphatic hydroxyl groups is 3. The third-order valence-electron chi connectivity index (χ3n) is 1.45. The summed E-state index contributed by atoms with van der Waals surface area (Å²) in [5, 5.41) is 27.3. The van der Waals surface area contributed by atoms with Gasteiger partial charge in [0.15, 0.2) is 0 Å². The molecule has 0 saturated heterocycles. The average molecular weight is 227 g/mol. The van der Waals surface area contributed by atoms with Gasteiger partial charge in [-0.2, -0.15) is 0 Å². The van der Waals surface area contributed by atoms with Crippen LogP contribution in [0, 0.1) is 0 Å². The molecule has 0 aromatic carbocycles. The summed E-state index contributed by atoms with van der Waals surface area (Å²) >= 11 is 3.14. The van der Waals surface area contributed by atoms with E-state index in [2.05, 4.69) is 15.9 Å². The molecule has 11 heavy (non-hydrogen) atoms. The smallest absolute Gasteiger partial charge is 0.0921 e. The van der Waals surface area contributed by atoms with Gasteiger partial charge >= 0.3 is 0 Å². The molecule has 0 saturated carbocycles. The summed E-state index contributed by atoms with van der Waals surface area (Å²) in [4.78, 5) is -0.156. The molecule has 0 aliphatic carbocycles. The highest BCUT2D eigenvalue weighted by atomic mass is 79.9. The van der Waals surface area contributed by atoms with E-state index in [0.29, 0.717) is 0 Å². The Balaban J connectivity index is 3.73. The van der Waals surface area contributed by atoms with E-state index in [-0.39, 0.29) is 11.2 Å². The minimum absolute atomic E-state index is 0.156. The zero-order chi connectivity index (χ0) is 9.02. The van der Waals surface area contributed by atoms with Gasteiger partial charge in [0.05, 0.1) is 18.3 Å². The van der Waals surface area contributed by atoms with E-state index < -0.39 is 18.3 Å². The second-order valence-corrected chi connectivity index (χ2v) is 4.26. The van der Waals surface area contributed by atoms with Gasteiger partial charge in [-0.05, 0) is 6.92 Å². The normalized spacial score (nSPS) is 22.4. The number of rotatable bonds is 4. The lowest BCUT2D eigenvalue weighted by Gasteiger charge is -2.20. The van der Waals surface area contributed by atoms with Gasteiger partial charge < -0.3 is 15.3 Å². The maximum atomic E-state index is 9.24. The quantitative estimate of drug-likeness (QED) is 0.604. The van der Waals surface area contributed by atoms with Crippen LogP contribution in [0.4, 0.5) is 0 Å². The van der Waals surface area contributed by atoms with Crippen LogP contribution in [0.1, 0.15) is 20.3 Å². The van der Waals surface area contributed by atoms with Crippen molar-refractivity contribution < 1.29 is 15.3 Å². The van der Waals surface area contributed by atoms with Crippen LogP contribution < -0.4 is 0 Å². The second kappa shape index (κ2) is 5.09. The zero-order valence-electron chi connectivity index (χ0n) is 6.74. The van der Waals surface area contributed by atoms with Crippen molar-refractivity contribution in [3.63, 3.8) is 0 Å². The molecule has 0 amide bonds. The molecule has 0 bridgehead atoms. The van der Waals surface area contributed by atoms with Crippen LogP contribution in [0.15, 0.2) is 0 Å². The largest absolute Gasteiger partial charge is 0.393 e. The molecule has 0 aromatic heterocycles. The fourth-order valence-corrected chi connectivity index (χ4v) is 1.15. The number of hydrogen-bond acceptors (Lipinski definition) is 3. The van der Waals surface area contributed by atoms with Crippen LogP contribution in [0.25, 0.3) is 0 Å². The number of halogens is 1. The van der Waals surface area contributed by atoms with Crippen molar-refractivity contribution in [2.24, 2.45) is 0 Å². The summed E-state index contributed by atoms with van der Waals surface area (Å²) in [6.07, 6.45) is -2.04. The van der Waals surface area contributed by atoms with E-state index >= 15 is 0 Å². The first-order valence-electron chi connectivity index (χ1n) is 3.63. The van der Waals surface area contributed by atoms with Crippen molar-refractivity contribution in [1.82, 2.24) is 0 Å². The third-order valence-corrected chi connectivity index (χ3v) is 1.99. The van der Waals surface area contributed by atoms with Crippen LogP contribution >= 0.6 is 15.9 Å². The van der Waals surface area contributed by atoms with Gasteiger partial charge in [0.25, 0.3) is 0 Å². The predicted molar refractivity (Wildman–Crippen MR) is 46.7 cm³/mol. The van der Waals surface area contributed by atoms with Crippen molar-refractivity contribution in [3.05, 3.63) is 0 Å². The van der Waals surface area contributed by atoms with E-state index in [1.807, 2.05) is 0 Å². The van der Waals surface area contributed by atoms with Gasteiger partial charge in [-0.1, -0.05) is 22.9 Å². The summed E-state index contributed by atoms with van der Waals surface area (Å²) in [6.45, 7) is 3.32. The molecule has 0 spiro atoms. The van der Waals surface area contributed by atoms with Crippen LogP contribution in [0.2, 0.25) is 0 Å². The molecule has 3 N–H and O–H groups in total. The maximum Gasteiger partial charge on any atom is 0.0921 e. The van der Waals surface area contributed by atoms with E-state index in [4.69, 9.17) is 5.11 Å². The highest BCUT2D eigenvalue weighted by molar-refractivity contribution is 9.09. The van der Waals surface area contributed by atoms with Crippen molar-refractivity contribution in [2.75, 3.05) is 0 Å². The molecule has 3 nitrogen and oxygen atoms in total. The fourth-order valence-electron chi connectivity index (χ4n) is 0.795. The van der Waals surface area contributed by atoms with Gasteiger partial charge in [0, 0.05) is 11.2 Å². The first-order chi connectivity index (χ1) is 4.95. The van der Waals surface area contributed by atoms with Crippen molar-refractivity contribution in [1.29, 1.82) is 0 Å². The molecule has 0 radical (unpaired) electrons. The Morgan fingerprint density at radius 3 is 1.91 bits per heavy atom. The van der Waals surface area contributed by atoms with Gasteiger partial charge in [-0.15, -0.1) is 0 Å². The number of alkyl halides is 1. The Kier molecular flexibility index (Phi) is 5.25. The molecular formula is C7H15BrO3. The molecule has 0 rings (SSSR count).